The van der Waals surface area contributed by atoms with Crippen LogP contribution in [0.3, 0.4) is 0 Å². The summed E-state index contributed by atoms with van der Waals surface area (Å²) in [6, 6.07) is 10.0. The molecular formula is C15H11F3N2O. The van der Waals surface area contributed by atoms with Crippen molar-refractivity contribution in [1.82, 2.24) is 0 Å². The first-order chi connectivity index (χ1) is 9.99. The minimum atomic E-state index is -2.95. The standard InChI is InChI=1S/C15H11F3N2O/c1-9-6-11(16)3-5-13(9)20-14-7-12(21-15(17)18)4-2-10(14)8-19/h2-7,15,20H,1H3. The first-order valence-electron chi connectivity index (χ1n) is 6.01. The molecule has 0 aliphatic heterocycles. The molecule has 2 rings (SSSR count). The van der Waals surface area contributed by atoms with Crippen molar-refractivity contribution in [2.75, 3.05) is 5.32 Å². The van der Waals surface area contributed by atoms with E-state index in [1.807, 2.05) is 6.07 Å². The van der Waals surface area contributed by atoms with Crippen LogP contribution < -0.4 is 10.1 Å². The van der Waals surface area contributed by atoms with Crippen molar-refractivity contribution in [2.24, 2.45) is 0 Å². The van der Waals surface area contributed by atoms with Gasteiger partial charge in [0.1, 0.15) is 17.6 Å². The van der Waals surface area contributed by atoms with Crippen molar-refractivity contribution in [3.63, 3.8) is 0 Å². The van der Waals surface area contributed by atoms with Gasteiger partial charge in [-0.05, 0) is 42.8 Å². The van der Waals surface area contributed by atoms with E-state index < -0.39 is 6.61 Å². The summed E-state index contributed by atoms with van der Waals surface area (Å²) in [7, 11) is 0. The van der Waals surface area contributed by atoms with Crippen molar-refractivity contribution in [3.05, 3.63) is 53.3 Å². The fraction of sp³-hybridized carbons (Fsp3) is 0.133. The molecule has 0 saturated heterocycles. The van der Waals surface area contributed by atoms with Crippen molar-refractivity contribution in [3.8, 4) is 11.8 Å². The molecule has 0 amide bonds. The van der Waals surface area contributed by atoms with Gasteiger partial charge >= 0.3 is 6.61 Å². The zero-order valence-electron chi connectivity index (χ0n) is 11.0. The number of nitriles is 1. The highest BCUT2D eigenvalue weighted by atomic mass is 19.3. The van der Waals surface area contributed by atoms with E-state index in [1.165, 1.54) is 36.4 Å². The van der Waals surface area contributed by atoms with E-state index in [0.717, 1.165) is 0 Å². The van der Waals surface area contributed by atoms with Crippen LogP contribution in [0.4, 0.5) is 24.5 Å². The molecule has 0 aliphatic carbocycles. The molecule has 21 heavy (non-hydrogen) atoms. The van der Waals surface area contributed by atoms with Crippen molar-refractivity contribution in [1.29, 1.82) is 5.26 Å². The molecule has 0 spiro atoms. The van der Waals surface area contributed by atoms with Crippen molar-refractivity contribution < 1.29 is 17.9 Å². The number of nitrogens with zero attached hydrogens (tertiary/aromatic N) is 1. The lowest BCUT2D eigenvalue weighted by Gasteiger charge is -2.13. The second kappa shape index (κ2) is 6.18. The molecule has 0 heterocycles. The number of hydrogen-bond acceptors (Lipinski definition) is 3. The second-order valence-electron chi connectivity index (χ2n) is 4.28. The molecule has 2 aromatic carbocycles. The third-order valence-corrected chi connectivity index (χ3v) is 2.79. The summed E-state index contributed by atoms with van der Waals surface area (Å²) in [5, 5.41) is 12.0. The maximum Gasteiger partial charge on any atom is 0.387 e. The molecule has 0 aliphatic rings. The molecule has 1 N–H and O–H groups in total. The number of aryl methyl sites for hydroxylation is 1. The van der Waals surface area contributed by atoms with Crippen LogP contribution in [0.2, 0.25) is 0 Å². The van der Waals surface area contributed by atoms with E-state index in [2.05, 4.69) is 10.1 Å². The highest BCUT2D eigenvalue weighted by molar-refractivity contribution is 5.69. The Labute approximate surface area is 119 Å². The van der Waals surface area contributed by atoms with Gasteiger partial charge in [0.05, 0.1) is 11.3 Å². The maximum absolute atomic E-state index is 13.1. The number of nitrogens with one attached hydrogen (secondary N) is 1. The summed E-state index contributed by atoms with van der Waals surface area (Å²) in [5.74, 6) is -0.445. The number of rotatable bonds is 4. The molecule has 0 atom stereocenters. The van der Waals surface area contributed by atoms with Crippen LogP contribution in [-0.4, -0.2) is 6.61 Å². The zero-order chi connectivity index (χ0) is 15.4. The highest BCUT2D eigenvalue weighted by Gasteiger charge is 2.10. The van der Waals surface area contributed by atoms with E-state index in [-0.39, 0.29) is 17.1 Å². The fourth-order valence-corrected chi connectivity index (χ4v) is 1.81. The lowest BCUT2D eigenvalue weighted by Crippen LogP contribution is -2.03. The molecule has 2 aromatic rings. The van der Waals surface area contributed by atoms with Gasteiger partial charge in [-0.1, -0.05) is 0 Å². The quantitative estimate of drug-likeness (QED) is 0.911. The van der Waals surface area contributed by atoms with E-state index in [1.54, 1.807) is 6.92 Å². The number of halogens is 3. The Morgan fingerprint density at radius 3 is 2.52 bits per heavy atom. The Bertz CT molecular complexity index is 696. The lowest BCUT2D eigenvalue weighted by atomic mass is 10.1. The molecule has 108 valence electrons. The Morgan fingerprint density at radius 1 is 1.14 bits per heavy atom. The van der Waals surface area contributed by atoms with Crippen LogP contribution >= 0.6 is 0 Å². The maximum atomic E-state index is 13.1. The van der Waals surface area contributed by atoms with Crippen LogP contribution in [0.25, 0.3) is 0 Å². The topological polar surface area (TPSA) is 45.0 Å². The van der Waals surface area contributed by atoms with Gasteiger partial charge in [-0.15, -0.1) is 0 Å². The SMILES string of the molecule is Cc1cc(F)ccc1Nc1cc(OC(F)F)ccc1C#N. The summed E-state index contributed by atoms with van der Waals surface area (Å²) in [5.41, 5.74) is 1.77. The van der Waals surface area contributed by atoms with Crippen molar-refractivity contribution in [2.45, 2.75) is 13.5 Å². The molecule has 0 saturated carbocycles. The third-order valence-electron chi connectivity index (χ3n) is 2.79. The average Bonchev–Trinajstić information content (AvgIpc) is 2.41. The van der Waals surface area contributed by atoms with Gasteiger partial charge in [0, 0.05) is 11.8 Å². The van der Waals surface area contributed by atoms with E-state index >= 15 is 0 Å². The summed E-state index contributed by atoms with van der Waals surface area (Å²) in [4.78, 5) is 0. The van der Waals surface area contributed by atoms with Gasteiger partial charge in [0.15, 0.2) is 0 Å². The average molecular weight is 292 g/mol. The highest BCUT2D eigenvalue weighted by Crippen LogP contribution is 2.28. The van der Waals surface area contributed by atoms with Crippen LogP contribution in [0, 0.1) is 24.1 Å². The van der Waals surface area contributed by atoms with Crippen molar-refractivity contribution >= 4 is 11.4 Å². The van der Waals surface area contributed by atoms with Gasteiger partial charge in [-0.25, -0.2) is 4.39 Å². The minimum Gasteiger partial charge on any atom is -0.435 e. The normalized spacial score (nSPS) is 10.3. The number of benzene rings is 2. The van der Waals surface area contributed by atoms with Gasteiger partial charge in [-0.3, -0.25) is 0 Å². The lowest BCUT2D eigenvalue weighted by molar-refractivity contribution is -0.0498. The summed E-state index contributed by atoms with van der Waals surface area (Å²) in [6.07, 6.45) is 0. The van der Waals surface area contributed by atoms with Crippen LogP contribution in [0.5, 0.6) is 5.75 Å². The number of alkyl halides is 2. The Hall–Kier alpha value is -2.68. The number of ether oxygens (including phenoxy) is 1. The molecular weight excluding hydrogens is 281 g/mol. The second-order valence-corrected chi connectivity index (χ2v) is 4.28. The van der Waals surface area contributed by atoms with Gasteiger partial charge in [0.2, 0.25) is 0 Å². The number of hydrogen-bond donors (Lipinski definition) is 1. The van der Waals surface area contributed by atoms with E-state index in [0.29, 0.717) is 16.9 Å². The largest absolute Gasteiger partial charge is 0.435 e. The number of anilines is 2. The third kappa shape index (κ3) is 3.66. The molecule has 6 heteroatoms. The van der Waals surface area contributed by atoms with Crippen LogP contribution in [0.15, 0.2) is 36.4 Å². The molecule has 0 unspecified atom stereocenters. The van der Waals surface area contributed by atoms with Gasteiger partial charge in [-0.2, -0.15) is 14.0 Å². The first kappa shape index (κ1) is 14.7. The van der Waals surface area contributed by atoms with Gasteiger partial charge < -0.3 is 10.1 Å². The summed E-state index contributed by atoms with van der Waals surface area (Å²) < 4.78 is 41.8. The zero-order valence-corrected chi connectivity index (χ0v) is 11.0. The molecule has 0 fully saturated rings. The monoisotopic (exact) mass is 292 g/mol. The molecule has 0 radical (unpaired) electrons. The predicted octanol–water partition coefficient (Wildman–Crippen LogP) is 4.35. The first-order valence-corrected chi connectivity index (χ1v) is 6.01. The van der Waals surface area contributed by atoms with Gasteiger partial charge in [0.25, 0.3) is 0 Å². The van der Waals surface area contributed by atoms with Crippen LogP contribution in [0.1, 0.15) is 11.1 Å². The summed E-state index contributed by atoms with van der Waals surface area (Å²) in [6.45, 7) is -1.25. The smallest absolute Gasteiger partial charge is 0.387 e. The predicted molar refractivity (Wildman–Crippen MR) is 72.2 cm³/mol. The minimum absolute atomic E-state index is 0.0636. The van der Waals surface area contributed by atoms with Crippen LogP contribution in [-0.2, 0) is 0 Å². The molecule has 0 bridgehead atoms. The Morgan fingerprint density at radius 2 is 1.90 bits per heavy atom. The molecule has 3 nitrogen and oxygen atoms in total. The Kier molecular flexibility index (Phi) is 4.33. The van der Waals surface area contributed by atoms with E-state index in [4.69, 9.17) is 5.26 Å². The van der Waals surface area contributed by atoms with E-state index in [9.17, 15) is 13.2 Å². The Balaban J connectivity index is 2.35. The summed E-state index contributed by atoms with van der Waals surface area (Å²) >= 11 is 0. The molecule has 0 aromatic heterocycles. The fourth-order valence-electron chi connectivity index (χ4n) is 1.81.